The summed E-state index contributed by atoms with van der Waals surface area (Å²) in [6, 6.07) is 0. The molecule has 1 saturated heterocycles. The molecule has 3 heteroatoms. The first-order valence-corrected chi connectivity index (χ1v) is 5.12. The second-order valence-electron chi connectivity index (χ2n) is 3.44. The molecule has 0 amide bonds. The summed E-state index contributed by atoms with van der Waals surface area (Å²) < 4.78 is 15.4. The van der Waals surface area contributed by atoms with Crippen LogP contribution in [0.5, 0.6) is 0 Å². The fourth-order valence-corrected chi connectivity index (χ4v) is 1.18. The lowest BCUT2D eigenvalue weighted by atomic mass is 10.2. The molecule has 1 fully saturated rings. The SMILES string of the molecule is COCCCCCCOCC1CO1. The van der Waals surface area contributed by atoms with Gasteiger partial charge in [-0.15, -0.1) is 0 Å². The molecule has 0 aliphatic carbocycles. The van der Waals surface area contributed by atoms with Gasteiger partial charge in [0.2, 0.25) is 0 Å². The molecule has 0 radical (unpaired) electrons. The lowest BCUT2D eigenvalue weighted by Gasteiger charge is -2.02. The fourth-order valence-electron chi connectivity index (χ4n) is 1.18. The molecule has 0 aromatic heterocycles. The van der Waals surface area contributed by atoms with Crippen molar-refractivity contribution in [1.29, 1.82) is 0 Å². The lowest BCUT2D eigenvalue weighted by Crippen LogP contribution is -2.02. The van der Waals surface area contributed by atoms with Crippen LogP contribution in [0.1, 0.15) is 25.7 Å². The third kappa shape index (κ3) is 6.99. The van der Waals surface area contributed by atoms with Crippen LogP contribution >= 0.6 is 0 Å². The van der Waals surface area contributed by atoms with Crippen LogP contribution in [-0.2, 0) is 14.2 Å². The van der Waals surface area contributed by atoms with Gasteiger partial charge in [-0.05, 0) is 12.8 Å². The lowest BCUT2D eigenvalue weighted by molar-refractivity contribution is 0.112. The number of hydrogen-bond donors (Lipinski definition) is 0. The van der Waals surface area contributed by atoms with Crippen molar-refractivity contribution in [2.24, 2.45) is 0 Å². The van der Waals surface area contributed by atoms with Crippen LogP contribution in [0.25, 0.3) is 0 Å². The van der Waals surface area contributed by atoms with E-state index in [0.717, 1.165) is 32.8 Å². The Kier molecular flexibility index (Phi) is 6.15. The average Bonchev–Trinajstić information content (AvgIpc) is 2.93. The van der Waals surface area contributed by atoms with E-state index in [0.29, 0.717) is 6.10 Å². The highest BCUT2D eigenvalue weighted by Crippen LogP contribution is 2.09. The van der Waals surface area contributed by atoms with Crippen molar-refractivity contribution in [3.8, 4) is 0 Å². The maximum Gasteiger partial charge on any atom is 0.104 e. The van der Waals surface area contributed by atoms with E-state index in [9.17, 15) is 0 Å². The van der Waals surface area contributed by atoms with Gasteiger partial charge in [-0.25, -0.2) is 0 Å². The number of unbranched alkanes of at least 4 members (excludes halogenated alkanes) is 3. The Morgan fingerprint density at radius 2 is 1.85 bits per heavy atom. The zero-order chi connectivity index (χ0) is 9.36. The van der Waals surface area contributed by atoms with Gasteiger partial charge in [-0.1, -0.05) is 12.8 Å². The molecular formula is C10H20O3. The molecule has 1 aliphatic rings. The number of ether oxygens (including phenoxy) is 3. The van der Waals surface area contributed by atoms with Crippen molar-refractivity contribution < 1.29 is 14.2 Å². The molecule has 0 bridgehead atoms. The first-order valence-electron chi connectivity index (χ1n) is 5.12. The molecule has 1 aliphatic heterocycles. The van der Waals surface area contributed by atoms with E-state index in [4.69, 9.17) is 14.2 Å². The molecule has 1 atom stereocenters. The summed E-state index contributed by atoms with van der Waals surface area (Å²) in [6.07, 6.45) is 5.23. The maximum atomic E-state index is 5.41. The number of methoxy groups -OCH3 is 1. The normalized spacial score (nSPS) is 20.5. The fraction of sp³-hybridized carbons (Fsp3) is 1.00. The summed E-state index contributed by atoms with van der Waals surface area (Å²) in [5.41, 5.74) is 0. The molecule has 1 rings (SSSR count). The zero-order valence-electron chi connectivity index (χ0n) is 8.46. The van der Waals surface area contributed by atoms with Crippen LogP contribution in [0.15, 0.2) is 0 Å². The summed E-state index contributed by atoms with van der Waals surface area (Å²) in [6.45, 7) is 3.45. The van der Waals surface area contributed by atoms with Gasteiger partial charge in [-0.3, -0.25) is 0 Å². The Labute approximate surface area is 80.4 Å². The third-order valence-electron chi connectivity index (χ3n) is 2.09. The first kappa shape index (κ1) is 11.0. The molecule has 1 heterocycles. The number of rotatable bonds is 9. The van der Waals surface area contributed by atoms with E-state index in [1.165, 1.54) is 19.3 Å². The van der Waals surface area contributed by atoms with E-state index in [2.05, 4.69) is 0 Å². The van der Waals surface area contributed by atoms with Gasteiger partial charge >= 0.3 is 0 Å². The van der Waals surface area contributed by atoms with E-state index in [1.54, 1.807) is 7.11 Å². The summed E-state index contributed by atoms with van der Waals surface area (Å²) in [4.78, 5) is 0. The highest BCUT2D eigenvalue weighted by molar-refractivity contribution is 4.66. The Hall–Kier alpha value is -0.120. The molecule has 0 aromatic rings. The van der Waals surface area contributed by atoms with Crippen LogP contribution in [0, 0.1) is 0 Å². The van der Waals surface area contributed by atoms with Crippen LogP contribution in [0.4, 0.5) is 0 Å². The second kappa shape index (κ2) is 7.30. The monoisotopic (exact) mass is 188 g/mol. The molecule has 0 aromatic carbocycles. The molecule has 0 N–H and O–H groups in total. The highest BCUT2D eigenvalue weighted by atomic mass is 16.6. The molecule has 0 saturated carbocycles. The van der Waals surface area contributed by atoms with E-state index >= 15 is 0 Å². The number of epoxide rings is 1. The minimum Gasteiger partial charge on any atom is -0.385 e. The molecule has 1 unspecified atom stereocenters. The predicted octanol–water partition coefficient (Wildman–Crippen LogP) is 1.61. The van der Waals surface area contributed by atoms with Gasteiger partial charge in [0.1, 0.15) is 6.10 Å². The largest absolute Gasteiger partial charge is 0.385 e. The number of hydrogen-bond acceptors (Lipinski definition) is 3. The van der Waals surface area contributed by atoms with Crippen LogP contribution < -0.4 is 0 Å². The summed E-state index contributed by atoms with van der Waals surface area (Å²) in [5.74, 6) is 0. The van der Waals surface area contributed by atoms with E-state index in [-0.39, 0.29) is 0 Å². The van der Waals surface area contributed by atoms with Crippen LogP contribution in [0.2, 0.25) is 0 Å². The Morgan fingerprint density at radius 3 is 2.46 bits per heavy atom. The maximum absolute atomic E-state index is 5.41. The highest BCUT2D eigenvalue weighted by Gasteiger charge is 2.21. The Morgan fingerprint density at radius 1 is 1.15 bits per heavy atom. The van der Waals surface area contributed by atoms with Crippen LogP contribution in [0.3, 0.4) is 0 Å². The van der Waals surface area contributed by atoms with Gasteiger partial charge < -0.3 is 14.2 Å². The molecule has 78 valence electrons. The first-order chi connectivity index (χ1) is 6.43. The van der Waals surface area contributed by atoms with Gasteiger partial charge in [0.15, 0.2) is 0 Å². The van der Waals surface area contributed by atoms with Crippen molar-refractivity contribution >= 4 is 0 Å². The van der Waals surface area contributed by atoms with Gasteiger partial charge in [0.25, 0.3) is 0 Å². The second-order valence-corrected chi connectivity index (χ2v) is 3.44. The van der Waals surface area contributed by atoms with Gasteiger partial charge in [0, 0.05) is 20.3 Å². The quantitative estimate of drug-likeness (QED) is 0.407. The van der Waals surface area contributed by atoms with Gasteiger partial charge in [-0.2, -0.15) is 0 Å². The summed E-state index contributed by atoms with van der Waals surface area (Å²) >= 11 is 0. The van der Waals surface area contributed by atoms with Crippen molar-refractivity contribution in [2.75, 3.05) is 33.5 Å². The van der Waals surface area contributed by atoms with Crippen LogP contribution in [-0.4, -0.2) is 39.6 Å². The van der Waals surface area contributed by atoms with Gasteiger partial charge in [0.05, 0.1) is 13.2 Å². The smallest absolute Gasteiger partial charge is 0.104 e. The minimum atomic E-state index is 0.411. The zero-order valence-corrected chi connectivity index (χ0v) is 8.46. The van der Waals surface area contributed by atoms with E-state index in [1.807, 2.05) is 0 Å². The Bertz CT molecular complexity index is 113. The van der Waals surface area contributed by atoms with Crippen molar-refractivity contribution in [1.82, 2.24) is 0 Å². The average molecular weight is 188 g/mol. The minimum absolute atomic E-state index is 0.411. The van der Waals surface area contributed by atoms with Crippen molar-refractivity contribution in [2.45, 2.75) is 31.8 Å². The van der Waals surface area contributed by atoms with Crippen molar-refractivity contribution in [3.63, 3.8) is 0 Å². The third-order valence-corrected chi connectivity index (χ3v) is 2.09. The molecular weight excluding hydrogens is 168 g/mol. The topological polar surface area (TPSA) is 31.0 Å². The van der Waals surface area contributed by atoms with E-state index < -0.39 is 0 Å². The Balaban J connectivity index is 1.63. The molecule has 13 heavy (non-hydrogen) atoms. The summed E-state index contributed by atoms with van der Waals surface area (Å²) in [5, 5.41) is 0. The van der Waals surface area contributed by atoms with Crippen molar-refractivity contribution in [3.05, 3.63) is 0 Å². The summed E-state index contributed by atoms with van der Waals surface area (Å²) in [7, 11) is 1.75. The standard InChI is InChI=1S/C10H20O3/c1-11-6-4-2-3-5-7-12-8-10-9-13-10/h10H,2-9H2,1H3. The molecule has 3 nitrogen and oxygen atoms in total. The molecule has 0 spiro atoms. The predicted molar refractivity (Wildman–Crippen MR) is 50.9 cm³/mol.